The number of hydrogen-bond acceptors (Lipinski definition) is 5. The largest absolute Gasteiger partial charge is 0.628 e. The molecule has 1 aromatic rings. The number of likely N-dealkylation sites (N-methyl/N-ethyl adjacent to an activating group) is 1. The molecule has 6 nitrogen and oxygen atoms in total. The predicted octanol–water partition coefficient (Wildman–Crippen LogP) is 0.289. The van der Waals surface area contributed by atoms with Crippen molar-refractivity contribution in [2.45, 2.75) is 6.92 Å². The molecular weight excluding hydrogens is 224 g/mol. The third-order valence-electron chi connectivity index (χ3n) is 2.30. The molecule has 0 unspecified atom stereocenters. The minimum atomic E-state index is -1.30. The van der Waals surface area contributed by atoms with Crippen molar-refractivity contribution in [2.75, 3.05) is 11.6 Å². The fraction of sp³-hybridized carbons (Fsp3) is 0.182. The van der Waals surface area contributed by atoms with E-state index in [-0.39, 0.29) is 12.2 Å². The molecule has 1 aliphatic heterocycles. The number of amides is 1. The van der Waals surface area contributed by atoms with Gasteiger partial charge in [-0.15, -0.1) is 4.94 Å². The summed E-state index contributed by atoms with van der Waals surface area (Å²) in [6.07, 6.45) is 0. The summed E-state index contributed by atoms with van der Waals surface area (Å²) >= 11 is 0. The van der Waals surface area contributed by atoms with Crippen LogP contribution in [0.15, 0.2) is 42.0 Å². The van der Waals surface area contributed by atoms with Gasteiger partial charge in [0.2, 0.25) is 0 Å². The van der Waals surface area contributed by atoms with Crippen LogP contribution in [-0.4, -0.2) is 22.6 Å². The van der Waals surface area contributed by atoms with Crippen LogP contribution in [-0.2, 0) is 9.73 Å². The summed E-state index contributed by atoms with van der Waals surface area (Å²) in [5, 5.41) is 21.9. The van der Waals surface area contributed by atoms with Gasteiger partial charge in [0.15, 0.2) is 5.70 Å². The third kappa shape index (κ3) is 1.90. The second-order valence-electron chi connectivity index (χ2n) is 3.37. The lowest BCUT2D eigenvalue weighted by Crippen LogP contribution is -2.24. The van der Waals surface area contributed by atoms with Gasteiger partial charge >= 0.3 is 5.91 Å². The molecule has 1 saturated heterocycles. The molecule has 1 amide bonds. The molecule has 0 spiro atoms. The summed E-state index contributed by atoms with van der Waals surface area (Å²) in [5.41, 5.74) is 0.114. The molecular formula is C11H11N2O4-. The molecule has 0 aromatic heterocycles. The van der Waals surface area contributed by atoms with E-state index >= 15 is 0 Å². The molecule has 1 N–H and O–H groups in total. The molecule has 1 aromatic carbocycles. The van der Waals surface area contributed by atoms with Crippen LogP contribution in [0.5, 0.6) is 0 Å². The Bertz CT molecular complexity index is 454. The van der Waals surface area contributed by atoms with Gasteiger partial charge in [0.1, 0.15) is 0 Å². The number of rotatable bonds is 2. The van der Waals surface area contributed by atoms with Gasteiger partial charge in [-0.25, -0.2) is 5.06 Å². The molecule has 17 heavy (non-hydrogen) atoms. The zero-order valence-corrected chi connectivity index (χ0v) is 9.16. The highest BCUT2D eigenvalue weighted by Gasteiger charge is 2.36. The van der Waals surface area contributed by atoms with E-state index in [9.17, 15) is 9.90 Å². The van der Waals surface area contributed by atoms with E-state index in [4.69, 9.17) is 10.0 Å². The summed E-state index contributed by atoms with van der Waals surface area (Å²) in [5.74, 6) is -1.97. The Morgan fingerprint density at radius 1 is 1.41 bits per heavy atom. The maximum absolute atomic E-state index is 11.9. The topological polar surface area (TPSA) is 76.1 Å². The van der Waals surface area contributed by atoms with E-state index in [0.717, 1.165) is 10.1 Å². The molecule has 2 rings (SSSR count). The number of anilines is 1. The Balaban J connectivity index is 2.36. The van der Waals surface area contributed by atoms with Crippen LogP contribution in [0.2, 0.25) is 0 Å². The fourth-order valence-corrected chi connectivity index (χ4v) is 1.52. The third-order valence-corrected chi connectivity index (χ3v) is 2.30. The van der Waals surface area contributed by atoms with Gasteiger partial charge in [-0.2, -0.15) is 5.06 Å². The number of nitrogens with zero attached hydrogens (tertiary/aromatic N) is 2. The van der Waals surface area contributed by atoms with Crippen molar-refractivity contribution in [1.29, 1.82) is 0 Å². The Labute approximate surface area is 97.9 Å². The highest BCUT2D eigenvalue weighted by atomic mass is 16.9. The Morgan fingerprint density at radius 3 is 2.53 bits per heavy atom. The molecule has 0 atom stereocenters. The maximum atomic E-state index is 11.9. The zero-order chi connectivity index (χ0) is 12.4. The lowest BCUT2D eigenvalue weighted by atomic mass is 10.3. The number of hydrogen-bond donors (Lipinski definition) is 1. The molecule has 1 heterocycles. The first kappa shape index (κ1) is 11.3. The first-order valence-electron chi connectivity index (χ1n) is 5.10. The predicted molar refractivity (Wildman–Crippen MR) is 57.0 cm³/mol. The second kappa shape index (κ2) is 4.34. The van der Waals surface area contributed by atoms with Crippen molar-refractivity contribution in [2.24, 2.45) is 0 Å². The second-order valence-corrected chi connectivity index (χ2v) is 3.37. The standard InChI is InChI=1S/C11H12N2O4/c1-2-12-9(11(15)16)10(14)13(17-12)8-6-4-3-5-7-8/h3-7,15-16H,2H2,1H3/p-1. The summed E-state index contributed by atoms with van der Waals surface area (Å²) in [4.78, 5) is 17.0. The quantitative estimate of drug-likeness (QED) is 0.589. The normalized spacial score (nSPS) is 18.8. The van der Waals surface area contributed by atoms with Crippen LogP contribution in [0, 0.1) is 0 Å². The van der Waals surface area contributed by atoms with Crippen LogP contribution in [0.25, 0.3) is 0 Å². The van der Waals surface area contributed by atoms with Gasteiger partial charge < -0.3 is 10.2 Å². The number of hydroxylamine groups is 3. The van der Waals surface area contributed by atoms with Gasteiger partial charge in [0, 0.05) is 6.54 Å². The average molecular weight is 235 g/mol. The van der Waals surface area contributed by atoms with Crippen LogP contribution in [0.4, 0.5) is 5.69 Å². The minimum Gasteiger partial charge on any atom is -0.628 e. The summed E-state index contributed by atoms with van der Waals surface area (Å²) in [7, 11) is 0. The van der Waals surface area contributed by atoms with Crippen LogP contribution >= 0.6 is 0 Å². The van der Waals surface area contributed by atoms with Crippen molar-refractivity contribution in [3.8, 4) is 0 Å². The van der Waals surface area contributed by atoms with Crippen molar-refractivity contribution in [1.82, 2.24) is 5.06 Å². The van der Waals surface area contributed by atoms with Crippen molar-refractivity contribution < 1.29 is 19.9 Å². The van der Waals surface area contributed by atoms with Crippen LogP contribution in [0.1, 0.15) is 6.92 Å². The first-order valence-corrected chi connectivity index (χ1v) is 5.10. The Hall–Kier alpha value is -2.21. The molecule has 0 aliphatic carbocycles. The Kier molecular flexibility index (Phi) is 2.88. The summed E-state index contributed by atoms with van der Waals surface area (Å²) < 4.78 is 0. The van der Waals surface area contributed by atoms with E-state index in [0.29, 0.717) is 5.69 Å². The molecule has 1 aliphatic rings. The molecule has 0 saturated carbocycles. The number of carbonyl (C=O) groups is 1. The maximum Gasteiger partial charge on any atom is 0.304 e. The van der Waals surface area contributed by atoms with Crippen LogP contribution in [0.3, 0.4) is 0 Å². The van der Waals surface area contributed by atoms with E-state index < -0.39 is 11.9 Å². The van der Waals surface area contributed by atoms with Crippen molar-refractivity contribution in [3.63, 3.8) is 0 Å². The number of benzene rings is 1. The van der Waals surface area contributed by atoms with Gasteiger partial charge in [0.05, 0.1) is 11.6 Å². The number of aliphatic hydroxyl groups excluding tert-OH is 1. The number of para-hydroxylation sites is 1. The summed E-state index contributed by atoms with van der Waals surface area (Å²) in [6.45, 7) is 1.97. The fourth-order valence-electron chi connectivity index (χ4n) is 1.52. The van der Waals surface area contributed by atoms with Crippen molar-refractivity contribution in [3.05, 3.63) is 42.0 Å². The van der Waals surface area contributed by atoms with E-state index in [1.54, 1.807) is 37.3 Å². The highest BCUT2D eigenvalue weighted by Crippen LogP contribution is 2.26. The Morgan fingerprint density at radius 2 is 2.06 bits per heavy atom. The molecule has 90 valence electrons. The van der Waals surface area contributed by atoms with Crippen molar-refractivity contribution >= 4 is 11.6 Å². The van der Waals surface area contributed by atoms with Gasteiger partial charge in [-0.1, -0.05) is 18.2 Å². The molecule has 6 heteroatoms. The van der Waals surface area contributed by atoms with Gasteiger partial charge in [-0.3, -0.25) is 4.79 Å². The SMILES string of the molecule is CCN1ON(c2ccccc2)C(=O)/C1=C(\[O-])O. The number of carbonyl (C=O) groups excluding carboxylic acids is 1. The zero-order valence-electron chi connectivity index (χ0n) is 9.16. The molecule has 0 radical (unpaired) electrons. The molecule has 0 bridgehead atoms. The smallest absolute Gasteiger partial charge is 0.304 e. The minimum absolute atomic E-state index is 0.275. The lowest BCUT2D eigenvalue weighted by molar-refractivity contribution is -0.353. The molecule has 1 fully saturated rings. The van der Waals surface area contributed by atoms with E-state index in [1.165, 1.54) is 0 Å². The van der Waals surface area contributed by atoms with Gasteiger partial charge in [0.25, 0.3) is 0 Å². The lowest BCUT2D eigenvalue weighted by Gasteiger charge is -2.16. The first-order chi connectivity index (χ1) is 8.15. The monoisotopic (exact) mass is 235 g/mol. The summed E-state index contributed by atoms with van der Waals surface area (Å²) in [6, 6.07) is 8.60. The number of aliphatic hydroxyl groups is 1. The van der Waals surface area contributed by atoms with Gasteiger partial charge in [-0.05, 0) is 19.1 Å². The highest BCUT2D eigenvalue weighted by molar-refractivity contribution is 6.05. The van der Waals surface area contributed by atoms with E-state index in [1.807, 2.05) is 0 Å². The average Bonchev–Trinajstić information content (AvgIpc) is 2.67. The van der Waals surface area contributed by atoms with Crippen LogP contribution < -0.4 is 10.2 Å². The van der Waals surface area contributed by atoms with E-state index in [2.05, 4.69) is 0 Å².